The molecule has 102 valence electrons. The number of halogens is 1. The van der Waals surface area contributed by atoms with Crippen LogP contribution in [0.3, 0.4) is 0 Å². The number of rotatable bonds is 4. The van der Waals surface area contributed by atoms with Crippen molar-refractivity contribution in [3.05, 3.63) is 52.5 Å². The van der Waals surface area contributed by atoms with Crippen molar-refractivity contribution in [1.82, 2.24) is 4.98 Å². The minimum Gasteiger partial charge on any atom is -0.496 e. The van der Waals surface area contributed by atoms with E-state index in [9.17, 15) is 0 Å². The van der Waals surface area contributed by atoms with Crippen molar-refractivity contribution in [2.24, 2.45) is 0 Å². The summed E-state index contributed by atoms with van der Waals surface area (Å²) < 4.78 is 6.51. The lowest BCUT2D eigenvalue weighted by Gasteiger charge is -2.12. The minimum atomic E-state index is 0.618. The summed E-state index contributed by atoms with van der Waals surface area (Å²) in [6.07, 6.45) is 0. The molecule has 0 aliphatic rings. The van der Waals surface area contributed by atoms with E-state index in [0.717, 1.165) is 22.5 Å². The van der Waals surface area contributed by atoms with Gasteiger partial charge < -0.3 is 10.1 Å². The molecule has 3 nitrogen and oxygen atoms in total. The molecule has 5 heteroatoms. The number of ether oxygens (including phenoxy) is 1. The van der Waals surface area contributed by atoms with Crippen molar-refractivity contribution >= 4 is 38.8 Å². The van der Waals surface area contributed by atoms with Gasteiger partial charge in [-0.1, -0.05) is 17.7 Å². The van der Waals surface area contributed by atoms with Crippen molar-refractivity contribution in [2.75, 3.05) is 12.4 Å². The van der Waals surface area contributed by atoms with Crippen molar-refractivity contribution in [1.29, 1.82) is 0 Å². The molecule has 0 unspecified atom stereocenters. The zero-order chi connectivity index (χ0) is 13.9. The molecular formula is C15H13ClN2OS. The Balaban J connectivity index is 1.82. The third kappa shape index (κ3) is 2.57. The van der Waals surface area contributed by atoms with Gasteiger partial charge in [0, 0.05) is 22.8 Å². The Morgan fingerprint density at radius 1 is 1.30 bits per heavy atom. The van der Waals surface area contributed by atoms with Crippen LogP contribution in [-0.2, 0) is 6.54 Å². The maximum atomic E-state index is 6.22. The lowest BCUT2D eigenvalue weighted by molar-refractivity contribution is 0.410. The summed E-state index contributed by atoms with van der Waals surface area (Å²) in [6.45, 7) is 0.618. The molecule has 20 heavy (non-hydrogen) atoms. The maximum absolute atomic E-state index is 6.22. The maximum Gasteiger partial charge on any atom is 0.125 e. The number of nitrogens with zero attached hydrogens (tertiary/aromatic N) is 1. The zero-order valence-corrected chi connectivity index (χ0v) is 12.5. The average molecular weight is 305 g/mol. The van der Waals surface area contributed by atoms with Crippen LogP contribution in [0.25, 0.3) is 10.2 Å². The number of benzene rings is 2. The third-order valence-electron chi connectivity index (χ3n) is 3.10. The summed E-state index contributed by atoms with van der Waals surface area (Å²) in [4.78, 5) is 4.27. The zero-order valence-electron chi connectivity index (χ0n) is 10.9. The largest absolute Gasteiger partial charge is 0.496 e. The first-order valence-electron chi connectivity index (χ1n) is 6.16. The molecule has 0 spiro atoms. The van der Waals surface area contributed by atoms with Crippen LogP contribution in [0.5, 0.6) is 5.75 Å². The second-order valence-electron chi connectivity index (χ2n) is 4.31. The summed E-state index contributed by atoms with van der Waals surface area (Å²) in [5, 5.41) is 4.08. The average Bonchev–Trinajstić information content (AvgIpc) is 2.93. The van der Waals surface area contributed by atoms with Crippen LogP contribution in [0.1, 0.15) is 5.56 Å². The van der Waals surface area contributed by atoms with Crippen LogP contribution < -0.4 is 10.1 Å². The van der Waals surface area contributed by atoms with Crippen molar-refractivity contribution in [3.8, 4) is 5.75 Å². The number of aromatic nitrogens is 1. The normalized spacial score (nSPS) is 10.7. The van der Waals surface area contributed by atoms with Gasteiger partial charge in [0.2, 0.25) is 0 Å². The Morgan fingerprint density at radius 3 is 3.05 bits per heavy atom. The van der Waals surface area contributed by atoms with E-state index in [0.29, 0.717) is 11.6 Å². The fourth-order valence-corrected chi connectivity index (χ4v) is 3.01. The molecule has 0 amide bonds. The number of methoxy groups -OCH3 is 1. The number of fused-ring (bicyclic) bond motifs is 1. The number of nitrogens with one attached hydrogen (secondary N) is 1. The molecule has 0 aliphatic carbocycles. The molecule has 0 aliphatic heterocycles. The van der Waals surface area contributed by atoms with Crippen LogP contribution in [-0.4, -0.2) is 12.1 Å². The van der Waals surface area contributed by atoms with E-state index in [1.165, 1.54) is 4.70 Å². The highest BCUT2D eigenvalue weighted by Gasteiger charge is 2.07. The minimum absolute atomic E-state index is 0.618. The topological polar surface area (TPSA) is 34.1 Å². The van der Waals surface area contributed by atoms with Crippen molar-refractivity contribution in [2.45, 2.75) is 6.54 Å². The Hall–Kier alpha value is -1.78. The van der Waals surface area contributed by atoms with Gasteiger partial charge in [-0.3, -0.25) is 0 Å². The molecule has 1 N–H and O–H groups in total. The summed E-state index contributed by atoms with van der Waals surface area (Å²) in [5.74, 6) is 0.795. The van der Waals surface area contributed by atoms with E-state index in [1.54, 1.807) is 18.4 Å². The summed E-state index contributed by atoms with van der Waals surface area (Å²) in [6, 6.07) is 11.8. The fourth-order valence-electron chi connectivity index (χ4n) is 2.06. The smallest absolute Gasteiger partial charge is 0.125 e. The number of anilines is 1. The van der Waals surface area contributed by atoms with E-state index in [4.69, 9.17) is 16.3 Å². The SMILES string of the molecule is COc1cccc(Cl)c1CNc1ccc2ncsc2c1. The van der Waals surface area contributed by atoms with Gasteiger partial charge in [-0.25, -0.2) is 4.98 Å². The van der Waals surface area contributed by atoms with Crippen LogP contribution >= 0.6 is 22.9 Å². The van der Waals surface area contributed by atoms with Crippen LogP contribution in [0.2, 0.25) is 5.02 Å². The highest BCUT2D eigenvalue weighted by atomic mass is 35.5. The monoisotopic (exact) mass is 304 g/mol. The van der Waals surface area contributed by atoms with Crippen LogP contribution in [0, 0.1) is 0 Å². The molecule has 0 bridgehead atoms. The first-order valence-corrected chi connectivity index (χ1v) is 7.42. The van der Waals surface area contributed by atoms with Crippen molar-refractivity contribution < 1.29 is 4.74 Å². The van der Waals surface area contributed by atoms with Gasteiger partial charge in [0.1, 0.15) is 5.75 Å². The summed E-state index contributed by atoms with van der Waals surface area (Å²) in [7, 11) is 1.65. The van der Waals surface area contributed by atoms with Gasteiger partial charge in [0.15, 0.2) is 0 Å². The van der Waals surface area contributed by atoms with E-state index in [2.05, 4.69) is 16.4 Å². The summed E-state index contributed by atoms with van der Waals surface area (Å²) >= 11 is 7.86. The molecule has 2 aromatic carbocycles. The molecule has 1 aromatic heterocycles. The molecule has 1 heterocycles. The third-order valence-corrected chi connectivity index (χ3v) is 4.24. The highest BCUT2D eigenvalue weighted by molar-refractivity contribution is 7.16. The Kier molecular flexibility index (Phi) is 3.76. The first kappa shape index (κ1) is 13.2. The van der Waals surface area contributed by atoms with Gasteiger partial charge in [-0.05, 0) is 30.3 Å². The van der Waals surface area contributed by atoms with Gasteiger partial charge >= 0.3 is 0 Å². The first-order chi connectivity index (χ1) is 9.78. The number of hydrogen-bond acceptors (Lipinski definition) is 4. The lowest BCUT2D eigenvalue weighted by atomic mass is 10.2. The quantitative estimate of drug-likeness (QED) is 0.766. The molecule has 0 saturated heterocycles. The van der Waals surface area contributed by atoms with Gasteiger partial charge in [-0.2, -0.15) is 0 Å². The Morgan fingerprint density at radius 2 is 2.20 bits per heavy atom. The van der Waals surface area contributed by atoms with E-state index in [1.807, 2.05) is 35.8 Å². The lowest BCUT2D eigenvalue weighted by Crippen LogP contribution is -2.02. The van der Waals surface area contributed by atoms with Gasteiger partial charge in [0.25, 0.3) is 0 Å². The molecule has 3 rings (SSSR count). The Labute approximate surface area is 126 Å². The van der Waals surface area contributed by atoms with Crippen LogP contribution in [0.15, 0.2) is 41.9 Å². The summed E-state index contributed by atoms with van der Waals surface area (Å²) in [5.41, 5.74) is 4.88. The second-order valence-corrected chi connectivity index (χ2v) is 5.60. The highest BCUT2D eigenvalue weighted by Crippen LogP contribution is 2.28. The fraction of sp³-hybridized carbons (Fsp3) is 0.133. The van der Waals surface area contributed by atoms with Crippen LogP contribution in [0.4, 0.5) is 5.69 Å². The van der Waals surface area contributed by atoms with E-state index >= 15 is 0 Å². The van der Waals surface area contributed by atoms with Crippen molar-refractivity contribution in [3.63, 3.8) is 0 Å². The molecule has 3 aromatic rings. The predicted octanol–water partition coefficient (Wildman–Crippen LogP) is 4.57. The molecule has 0 atom stereocenters. The predicted molar refractivity (Wildman–Crippen MR) is 85.0 cm³/mol. The number of thiazole rings is 1. The molecule has 0 fully saturated rings. The Bertz CT molecular complexity index is 742. The van der Waals surface area contributed by atoms with Gasteiger partial charge in [0.05, 0.1) is 22.8 Å². The standard InChI is InChI=1S/C15H13ClN2OS/c1-19-14-4-2-3-12(16)11(14)8-17-10-5-6-13-15(7-10)20-9-18-13/h2-7,9,17H,8H2,1H3. The van der Waals surface area contributed by atoms with Gasteiger partial charge in [-0.15, -0.1) is 11.3 Å². The second kappa shape index (κ2) is 5.69. The van der Waals surface area contributed by atoms with E-state index < -0.39 is 0 Å². The van der Waals surface area contributed by atoms with E-state index in [-0.39, 0.29) is 0 Å². The number of hydrogen-bond donors (Lipinski definition) is 1. The molecule has 0 radical (unpaired) electrons. The molecular weight excluding hydrogens is 292 g/mol. The molecule has 0 saturated carbocycles.